The van der Waals surface area contributed by atoms with Crippen molar-refractivity contribution in [3.05, 3.63) is 35.6 Å². The van der Waals surface area contributed by atoms with E-state index in [1.165, 1.54) is 19.2 Å². The Morgan fingerprint density at radius 2 is 2.00 bits per heavy atom. The Morgan fingerprint density at radius 3 is 2.58 bits per heavy atom. The van der Waals surface area contributed by atoms with Gasteiger partial charge in [0.1, 0.15) is 5.82 Å². The zero-order chi connectivity index (χ0) is 14.3. The Hall–Kier alpha value is -1.49. The second-order valence-electron chi connectivity index (χ2n) is 4.01. The molecule has 19 heavy (non-hydrogen) atoms. The SMILES string of the molecule is CN(CCC#N)S(=O)(=O)NCCc1ccc(F)cc1. The molecule has 1 aromatic rings. The molecule has 0 radical (unpaired) electrons. The van der Waals surface area contributed by atoms with Gasteiger partial charge in [0.05, 0.1) is 6.07 Å². The van der Waals surface area contributed by atoms with E-state index in [0.29, 0.717) is 6.42 Å². The molecule has 1 aromatic carbocycles. The normalized spacial score (nSPS) is 11.5. The van der Waals surface area contributed by atoms with Gasteiger partial charge < -0.3 is 0 Å². The summed E-state index contributed by atoms with van der Waals surface area (Å²) in [4.78, 5) is 0. The largest absolute Gasteiger partial charge is 0.279 e. The Bertz CT molecular complexity index is 537. The lowest BCUT2D eigenvalue weighted by Crippen LogP contribution is -2.39. The zero-order valence-electron chi connectivity index (χ0n) is 10.6. The first kappa shape index (κ1) is 15.6. The van der Waals surface area contributed by atoms with Crippen LogP contribution in [0.1, 0.15) is 12.0 Å². The first-order chi connectivity index (χ1) is 8.95. The molecule has 0 saturated carbocycles. The van der Waals surface area contributed by atoms with Crippen molar-refractivity contribution in [2.45, 2.75) is 12.8 Å². The minimum absolute atomic E-state index is 0.148. The van der Waals surface area contributed by atoms with Gasteiger partial charge >= 0.3 is 0 Å². The Balaban J connectivity index is 2.43. The van der Waals surface area contributed by atoms with Crippen LogP contribution < -0.4 is 4.72 Å². The summed E-state index contributed by atoms with van der Waals surface area (Å²) in [6.07, 6.45) is 0.626. The van der Waals surface area contributed by atoms with Crippen molar-refractivity contribution in [1.82, 2.24) is 9.03 Å². The number of hydrogen-bond donors (Lipinski definition) is 1. The van der Waals surface area contributed by atoms with E-state index in [1.54, 1.807) is 12.1 Å². The van der Waals surface area contributed by atoms with E-state index in [-0.39, 0.29) is 25.3 Å². The third kappa shape index (κ3) is 5.34. The summed E-state index contributed by atoms with van der Waals surface area (Å²) >= 11 is 0. The van der Waals surface area contributed by atoms with Crippen molar-refractivity contribution in [1.29, 1.82) is 5.26 Å². The van der Waals surface area contributed by atoms with Gasteiger partial charge in [0.25, 0.3) is 10.2 Å². The maximum absolute atomic E-state index is 12.7. The van der Waals surface area contributed by atoms with E-state index in [0.717, 1.165) is 9.87 Å². The highest BCUT2D eigenvalue weighted by Crippen LogP contribution is 2.03. The van der Waals surface area contributed by atoms with Gasteiger partial charge in [0.2, 0.25) is 0 Å². The van der Waals surface area contributed by atoms with Crippen molar-refractivity contribution < 1.29 is 12.8 Å². The Labute approximate surface area is 112 Å². The van der Waals surface area contributed by atoms with Gasteiger partial charge in [-0.3, -0.25) is 0 Å². The molecule has 5 nitrogen and oxygen atoms in total. The lowest BCUT2D eigenvalue weighted by Gasteiger charge is -2.16. The molecule has 0 spiro atoms. The van der Waals surface area contributed by atoms with Gasteiger partial charge in [-0.05, 0) is 24.1 Å². The molecule has 0 atom stereocenters. The molecule has 0 fully saturated rings. The molecule has 0 amide bonds. The van der Waals surface area contributed by atoms with Gasteiger partial charge in [-0.2, -0.15) is 18.0 Å². The highest BCUT2D eigenvalue weighted by atomic mass is 32.2. The standard InChI is InChI=1S/C12H16FN3O2S/c1-16(10-2-8-14)19(17,18)15-9-7-11-3-5-12(13)6-4-11/h3-6,15H,2,7,9-10H2,1H3. The quantitative estimate of drug-likeness (QED) is 0.813. The summed E-state index contributed by atoms with van der Waals surface area (Å²) in [5.74, 6) is -0.319. The van der Waals surface area contributed by atoms with Crippen molar-refractivity contribution in [3.8, 4) is 6.07 Å². The van der Waals surface area contributed by atoms with Gasteiger partial charge in [-0.15, -0.1) is 0 Å². The topological polar surface area (TPSA) is 73.2 Å². The average molecular weight is 285 g/mol. The lowest BCUT2D eigenvalue weighted by atomic mass is 10.1. The maximum atomic E-state index is 12.7. The van der Waals surface area contributed by atoms with Crippen LogP contribution in [0.15, 0.2) is 24.3 Å². The Morgan fingerprint density at radius 1 is 1.37 bits per heavy atom. The molecular formula is C12H16FN3O2S. The summed E-state index contributed by atoms with van der Waals surface area (Å²) in [7, 11) is -2.14. The van der Waals surface area contributed by atoms with Crippen molar-refractivity contribution in [3.63, 3.8) is 0 Å². The van der Waals surface area contributed by atoms with Crippen LogP contribution in [0.25, 0.3) is 0 Å². The first-order valence-electron chi connectivity index (χ1n) is 5.78. The minimum atomic E-state index is -3.55. The molecule has 0 saturated heterocycles. The summed E-state index contributed by atoms with van der Waals surface area (Å²) in [6, 6.07) is 7.79. The molecule has 7 heteroatoms. The average Bonchev–Trinajstić information content (AvgIpc) is 2.38. The number of benzene rings is 1. The molecule has 0 aliphatic carbocycles. The van der Waals surface area contributed by atoms with E-state index in [4.69, 9.17) is 5.26 Å². The second kappa shape index (κ2) is 7.19. The Kier molecular flexibility index (Phi) is 5.89. The van der Waals surface area contributed by atoms with E-state index < -0.39 is 10.2 Å². The molecule has 0 aliphatic rings. The molecule has 0 bridgehead atoms. The first-order valence-corrected chi connectivity index (χ1v) is 7.22. The van der Waals surface area contributed by atoms with Crippen molar-refractivity contribution in [2.75, 3.05) is 20.1 Å². The molecule has 0 aliphatic heterocycles. The number of nitriles is 1. The third-order valence-electron chi connectivity index (χ3n) is 2.56. The fourth-order valence-corrected chi connectivity index (χ4v) is 2.33. The van der Waals surface area contributed by atoms with Gasteiger partial charge in [0.15, 0.2) is 0 Å². The summed E-state index contributed by atoms with van der Waals surface area (Å²) in [5.41, 5.74) is 0.851. The molecular weight excluding hydrogens is 269 g/mol. The molecule has 104 valence electrons. The highest BCUT2D eigenvalue weighted by Gasteiger charge is 2.15. The number of nitrogens with one attached hydrogen (secondary N) is 1. The van der Waals surface area contributed by atoms with Crippen LogP contribution in [0.3, 0.4) is 0 Å². The van der Waals surface area contributed by atoms with Crippen LogP contribution in [-0.4, -0.2) is 32.9 Å². The fourth-order valence-electron chi connectivity index (χ4n) is 1.41. The third-order valence-corrected chi connectivity index (χ3v) is 4.13. The van der Waals surface area contributed by atoms with E-state index in [9.17, 15) is 12.8 Å². The molecule has 0 heterocycles. The molecule has 1 rings (SSSR count). The van der Waals surface area contributed by atoms with E-state index >= 15 is 0 Å². The summed E-state index contributed by atoms with van der Waals surface area (Å²) in [6.45, 7) is 0.382. The number of halogens is 1. The smallest absolute Gasteiger partial charge is 0.207 e. The number of hydrogen-bond acceptors (Lipinski definition) is 3. The van der Waals surface area contributed by atoms with E-state index in [1.807, 2.05) is 6.07 Å². The van der Waals surface area contributed by atoms with Crippen LogP contribution in [0.5, 0.6) is 0 Å². The van der Waals surface area contributed by atoms with Gasteiger partial charge in [0, 0.05) is 26.6 Å². The number of nitrogens with zero attached hydrogens (tertiary/aromatic N) is 2. The monoisotopic (exact) mass is 285 g/mol. The van der Waals surface area contributed by atoms with Gasteiger partial charge in [-0.1, -0.05) is 12.1 Å². The molecule has 0 aromatic heterocycles. The van der Waals surface area contributed by atoms with E-state index in [2.05, 4.69) is 4.72 Å². The van der Waals surface area contributed by atoms with Crippen LogP contribution >= 0.6 is 0 Å². The van der Waals surface area contributed by atoms with Crippen LogP contribution in [0, 0.1) is 17.1 Å². The predicted octanol–water partition coefficient (Wildman–Crippen LogP) is 1.05. The second-order valence-corrected chi connectivity index (χ2v) is 5.87. The van der Waals surface area contributed by atoms with Crippen molar-refractivity contribution in [2.24, 2.45) is 0 Å². The van der Waals surface area contributed by atoms with Gasteiger partial charge in [-0.25, -0.2) is 9.11 Å². The predicted molar refractivity (Wildman–Crippen MR) is 69.9 cm³/mol. The fraction of sp³-hybridized carbons (Fsp3) is 0.417. The van der Waals surface area contributed by atoms with Crippen LogP contribution in [0.4, 0.5) is 4.39 Å². The number of rotatable bonds is 7. The highest BCUT2D eigenvalue weighted by molar-refractivity contribution is 7.87. The maximum Gasteiger partial charge on any atom is 0.279 e. The zero-order valence-corrected chi connectivity index (χ0v) is 11.5. The summed E-state index contributed by atoms with van der Waals surface area (Å²) in [5, 5.41) is 8.41. The summed E-state index contributed by atoms with van der Waals surface area (Å²) < 4.78 is 39.7. The molecule has 1 N–H and O–H groups in total. The van der Waals surface area contributed by atoms with Crippen LogP contribution in [-0.2, 0) is 16.6 Å². The van der Waals surface area contributed by atoms with Crippen molar-refractivity contribution >= 4 is 10.2 Å². The lowest BCUT2D eigenvalue weighted by molar-refractivity contribution is 0.464. The molecule has 0 unspecified atom stereocenters. The minimum Gasteiger partial charge on any atom is -0.207 e. The van der Waals surface area contributed by atoms with Crippen LogP contribution in [0.2, 0.25) is 0 Å².